The van der Waals surface area contributed by atoms with E-state index in [0.29, 0.717) is 39.1 Å². The molecule has 1 aromatic carbocycles. The zero-order valence-electron chi connectivity index (χ0n) is 14.1. The zero-order chi connectivity index (χ0) is 17.0. The fraction of sp³-hybridized carbons (Fsp3) is 0.632. The topological polar surface area (TPSA) is 70.0 Å². The minimum absolute atomic E-state index is 0.0158. The molecule has 0 spiro atoms. The van der Waals surface area contributed by atoms with Gasteiger partial charge in [0.15, 0.2) is 0 Å². The molecule has 132 valence electrons. The second kappa shape index (κ2) is 7.64. The van der Waals surface area contributed by atoms with Crippen LogP contribution < -0.4 is 0 Å². The van der Waals surface area contributed by atoms with Gasteiger partial charge < -0.3 is 19.8 Å². The number of ether oxygens (including phenoxy) is 1. The lowest BCUT2D eigenvalue weighted by molar-refractivity contribution is -0.148. The van der Waals surface area contributed by atoms with Gasteiger partial charge in [0, 0.05) is 37.6 Å². The molecule has 0 aliphatic carbocycles. The van der Waals surface area contributed by atoms with Gasteiger partial charge in [0.1, 0.15) is 0 Å². The van der Waals surface area contributed by atoms with Crippen molar-refractivity contribution in [1.29, 1.82) is 0 Å². The van der Waals surface area contributed by atoms with Gasteiger partial charge >= 0.3 is 0 Å². The third-order valence-corrected chi connectivity index (χ3v) is 5.48. The Morgan fingerprint density at radius 2 is 1.92 bits per heavy atom. The fourth-order valence-electron chi connectivity index (χ4n) is 3.93. The molecule has 1 aromatic rings. The summed E-state index contributed by atoms with van der Waals surface area (Å²) in [6.07, 6.45) is 2.03. The van der Waals surface area contributed by atoms with Crippen LogP contribution in [0.5, 0.6) is 0 Å². The van der Waals surface area contributed by atoms with Crippen LogP contribution in [0, 0.1) is 11.3 Å². The SMILES string of the molecule is O=C(C1CCOCC1)N1CC[C@H](O)[C@](CO)(Cc2ccccc2)C1. The van der Waals surface area contributed by atoms with E-state index in [0.717, 1.165) is 18.4 Å². The lowest BCUT2D eigenvalue weighted by Crippen LogP contribution is -2.57. The van der Waals surface area contributed by atoms with Crippen LogP contribution in [-0.4, -0.2) is 60.0 Å². The Hall–Kier alpha value is -1.43. The molecule has 0 bridgehead atoms. The maximum absolute atomic E-state index is 12.8. The molecule has 0 aromatic heterocycles. The summed E-state index contributed by atoms with van der Waals surface area (Å²) in [5.41, 5.74) is 0.395. The van der Waals surface area contributed by atoms with Crippen LogP contribution in [0.1, 0.15) is 24.8 Å². The first kappa shape index (κ1) is 17.4. The molecule has 2 N–H and O–H groups in total. The number of piperidine rings is 1. The highest BCUT2D eigenvalue weighted by atomic mass is 16.5. The summed E-state index contributed by atoms with van der Waals surface area (Å²) in [7, 11) is 0. The molecule has 0 saturated carbocycles. The molecule has 2 heterocycles. The standard InChI is InChI=1S/C19H27NO4/c21-14-19(12-15-4-2-1-3-5-15)13-20(9-6-17(19)22)18(23)16-7-10-24-11-8-16/h1-5,16-17,21-22H,6-14H2/t17-,19+/m0/s1. The number of hydrogen-bond donors (Lipinski definition) is 2. The first-order valence-electron chi connectivity index (χ1n) is 8.84. The van der Waals surface area contributed by atoms with Crippen molar-refractivity contribution < 1.29 is 19.7 Å². The molecule has 2 aliphatic heterocycles. The Morgan fingerprint density at radius 1 is 1.21 bits per heavy atom. The van der Waals surface area contributed by atoms with Crippen LogP contribution in [0.2, 0.25) is 0 Å². The second-order valence-corrected chi connectivity index (χ2v) is 7.13. The maximum atomic E-state index is 12.8. The first-order valence-corrected chi connectivity index (χ1v) is 8.84. The number of hydrogen-bond acceptors (Lipinski definition) is 4. The third kappa shape index (κ3) is 3.63. The quantitative estimate of drug-likeness (QED) is 0.869. The van der Waals surface area contributed by atoms with Gasteiger partial charge in [-0.15, -0.1) is 0 Å². The molecule has 2 saturated heterocycles. The number of carbonyl (C=O) groups is 1. The van der Waals surface area contributed by atoms with Crippen molar-refractivity contribution in [1.82, 2.24) is 4.90 Å². The normalized spacial score (nSPS) is 28.8. The summed E-state index contributed by atoms with van der Waals surface area (Å²) in [6.45, 7) is 2.13. The van der Waals surface area contributed by atoms with Crippen LogP contribution in [0.3, 0.4) is 0 Å². The Balaban J connectivity index is 1.74. The van der Waals surface area contributed by atoms with E-state index in [9.17, 15) is 15.0 Å². The van der Waals surface area contributed by atoms with Crippen LogP contribution in [0.15, 0.2) is 30.3 Å². The Kier molecular flexibility index (Phi) is 5.54. The molecule has 0 unspecified atom stereocenters. The molecule has 0 radical (unpaired) electrons. The summed E-state index contributed by atoms with van der Waals surface area (Å²) in [6, 6.07) is 9.88. The highest BCUT2D eigenvalue weighted by molar-refractivity contribution is 5.79. The van der Waals surface area contributed by atoms with Crippen molar-refractivity contribution >= 4 is 5.91 Å². The van der Waals surface area contributed by atoms with E-state index in [2.05, 4.69) is 0 Å². The molecule has 24 heavy (non-hydrogen) atoms. The number of aliphatic hydroxyl groups excluding tert-OH is 2. The monoisotopic (exact) mass is 333 g/mol. The number of aliphatic hydroxyl groups is 2. The average Bonchev–Trinajstić information content (AvgIpc) is 2.64. The zero-order valence-corrected chi connectivity index (χ0v) is 14.1. The predicted molar refractivity (Wildman–Crippen MR) is 90.4 cm³/mol. The van der Waals surface area contributed by atoms with E-state index >= 15 is 0 Å². The van der Waals surface area contributed by atoms with Crippen LogP contribution in [0.4, 0.5) is 0 Å². The highest BCUT2D eigenvalue weighted by Gasteiger charge is 2.44. The van der Waals surface area contributed by atoms with E-state index in [1.165, 1.54) is 0 Å². The fourth-order valence-corrected chi connectivity index (χ4v) is 3.93. The number of benzene rings is 1. The number of carbonyl (C=O) groups excluding carboxylic acids is 1. The molecule has 3 rings (SSSR count). The van der Waals surface area contributed by atoms with E-state index < -0.39 is 11.5 Å². The number of nitrogens with zero attached hydrogens (tertiary/aromatic N) is 1. The second-order valence-electron chi connectivity index (χ2n) is 7.13. The lowest BCUT2D eigenvalue weighted by atomic mass is 9.73. The largest absolute Gasteiger partial charge is 0.396 e. The Bertz CT molecular complexity index is 544. The Labute approximate surface area is 143 Å². The van der Waals surface area contributed by atoms with Gasteiger partial charge in [-0.1, -0.05) is 30.3 Å². The van der Waals surface area contributed by atoms with Gasteiger partial charge in [0.25, 0.3) is 0 Å². The minimum Gasteiger partial charge on any atom is -0.396 e. The smallest absolute Gasteiger partial charge is 0.225 e. The van der Waals surface area contributed by atoms with E-state index in [-0.39, 0.29) is 18.4 Å². The van der Waals surface area contributed by atoms with E-state index in [1.807, 2.05) is 35.2 Å². The van der Waals surface area contributed by atoms with E-state index in [4.69, 9.17) is 4.74 Å². The van der Waals surface area contributed by atoms with Gasteiger partial charge in [0.05, 0.1) is 12.7 Å². The highest BCUT2D eigenvalue weighted by Crippen LogP contribution is 2.35. The van der Waals surface area contributed by atoms with Crippen LogP contribution in [-0.2, 0) is 16.0 Å². The number of likely N-dealkylation sites (tertiary alicyclic amines) is 1. The Morgan fingerprint density at radius 3 is 2.58 bits per heavy atom. The van der Waals surface area contributed by atoms with Gasteiger partial charge in [0.2, 0.25) is 5.91 Å². The molecule has 2 fully saturated rings. The van der Waals surface area contributed by atoms with Crippen molar-refractivity contribution in [2.24, 2.45) is 11.3 Å². The lowest BCUT2D eigenvalue weighted by Gasteiger charge is -2.46. The van der Waals surface area contributed by atoms with Gasteiger partial charge in [-0.3, -0.25) is 4.79 Å². The molecular weight excluding hydrogens is 306 g/mol. The van der Waals surface area contributed by atoms with Crippen molar-refractivity contribution in [3.63, 3.8) is 0 Å². The number of rotatable bonds is 4. The summed E-state index contributed by atoms with van der Waals surface area (Å²) >= 11 is 0. The summed E-state index contributed by atoms with van der Waals surface area (Å²) in [5, 5.41) is 20.6. The van der Waals surface area contributed by atoms with Crippen molar-refractivity contribution in [2.45, 2.75) is 31.8 Å². The van der Waals surface area contributed by atoms with Crippen LogP contribution in [0.25, 0.3) is 0 Å². The molecule has 1 amide bonds. The summed E-state index contributed by atoms with van der Waals surface area (Å²) < 4.78 is 5.34. The predicted octanol–water partition coefficient (Wildman–Crippen LogP) is 1.23. The van der Waals surface area contributed by atoms with Gasteiger partial charge in [-0.2, -0.15) is 0 Å². The van der Waals surface area contributed by atoms with Crippen LogP contribution >= 0.6 is 0 Å². The molecule has 2 aliphatic rings. The third-order valence-electron chi connectivity index (χ3n) is 5.48. The molecule has 5 heteroatoms. The maximum Gasteiger partial charge on any atom is 0.225 e. The van der Waals surface area contributed by atoms with Crippen molar-refractivity contribution in [3.8, 4) is 0 Å². The summed E-state index contributed by atoms with van der Waals surface area (Å²) in [4.78, 5) is 14.7. The molecule has 5 nitrogen and oxygen atoms in total. The molecule has 2 atom stereocenters. The molecular formula is C19H27NO4. The van der Waals surface area contributed by atoms with Crippen molar-refractivity contribution in [2.75, 3.05) is 32.9 Å². The minimum atomic E-state index is -0.680. The van der Waals surface area contributed by atoms with Crippen molar-refractivity contribution in [3.05, 3.63) is 35.9 Å². The van der Waals surface area contributed by atoms with Gasteiger partial charge in [-0.05, 0) is 31.2 Å². The average molecular weight is 333 g/mol. The first-order chi connectivity index (χ1) is 11.6. The van der Waals surface area contributed by atoms with E-state index in [1.54, 1.807) is 0 Å². The van der Waals surface area contributed by atoms with Gasteiger partial charge in [-0.25, -0.2) is 0 Å². The number of amides is 1. The summed E-state index contributed by atoms with van der Waals surface area (Å²) in [5.74, 6) is 0.165.